The van der Waals surface area contributed by atoms with E-state index in [0.717, 1.165) is 31.5 Å². The predicted octanol–water partition coefficient (Wildman–Crippen LogP) is 2.92. The van der Waals surface area contributed by atoms with Crippen LogP contribution in [0, 0.1) is 0 Å². The van der Waals surface area contributed by atoms with Crippen LogP contribution in [0.4, 0.5) is 13.2 Å². The van der Waals surface area contributed by atoms with Crippen molar-refractivity contribution in [2.75, 3.05) is 19.6 Å². The van der Waals surface area contributed by atoms with Crippen LogP contribution in [0.1, 0.15) is 35.7 Å². The molecule has 3 nitrogen and oxygen atoms in total. The Hall–Kier alpha value is -1.56. The zero-order valence-corrected chi connectivity index (χ0v) is 11.9. The molecular formula is C15H19F3N2O. The third kappa shape index (κ3) is 3.75. The van der Waals surface area contributed by atoms with Gasteiger partial charge in [-0.2, -0.15) is 13.2 Å². The van der Waals surface area contributed by atoms with Crippen LogP contribution in [-0.4, -0.2) is 36.5 Å². The fraction of sp³-hybridized carbons (Fsp3) is 0.533. The van der Waals surface area contributed by atoms with Crippen LogP contribution in [0.15, 0.2) is 24.3 Å². The first-order chi connectivity index (χ1) is 9.93. The van der Waals surface area contributed by atoms with Crippen molar-refractivity contribution in [1.82, 2.24) is 10.2 Å². The second-order valence-electron chi connectivity index (χ2n) is 5.17. The normalized spacial score (nSPS) is 19.3. The number of carbonyl (C=O) groups is 1. The number of nitrogens with zero attached hydrogens (tertiary/aromatic N) is 1. The molecule has 0 radical (unpaired) electrons. The Labute approximate surface area is 122 Å². The van der Waals surface area contributed by atoms with Gasteiger partial charge in [0.1, 0.15) is 0 Å². The van der Waals surface area contributed by atoms with Gasteiger partial charge in [-0.15, -0.1) is 0 Å². The molecule has 1 N–H and O–H groups in total. The molecule has 1 amide bonds. The number of alkyl halides is 3. The molecule has 21 heavy (non-hydrogen) atoms. The smallest absolute Gasteiger partial charge is 0.335 e. The lowest BCUT2D eigenvalue weighted by Crippen LogP contribution is -2.48. The predicted molar refractivity (Wildman–Crippen MR) is 74.0 cm³/mol. The van der Waals surface area contributed by atoms with Crippen molar-refractivity contribution in [3.63, 3.8) is 0 Å². The van der Waals surface area contributed by atoms with Crippen LogP contribution < -0.4 is 5.32 Å². The molecule has 2 rings (SSSR count). The van der Waals surface area contributed by atoms with Crippen molar-refractivity contribution in [2.24, 2.45) is 0 Å². The summed E-state index contributed by atoms with van der Waals surface area (Å²) in [5.41, 5.74) is -0.691. The molecule has 0 saturated carbocycles. The molecule has 1 saturated heterocycles. The van der Waals surface area contributed by atoms with Crippen LogP contribution >= 0.6 is 0 Å². The number of halogens is 3. The maximum absolute atomic E-state index is 12.7. The zero-order chi connectivity index (χ0) is 15.5. The van der Waals surface area contributed by atoms with Gasteiger partial charge < -0.3 is 10.2 Å². The molecule has 0 aliphatic carbocycles. The van der Waals surface area contributed by atoms with Gasteiger partial charge in [-0.05, 0) is 44.5 Å². The van der Waals surface area contributed by atoms with Gasteiger partial charge in [0.15, 0.2) is 0 Å². The van der Waals surface area contributed by atoms with Gasteiger partial charge in [-0.1, -0.05) is 6.07 Å². The quantitative estimate of drug-likeness (QED) is 0.931. The van der Waals surface area contributed by atoms with E-state index in [1.165, 1.54) is 12.1 Å². The lowest BCUT2D eigenvalue weighted by molar-refractivity contribution is -0.137. The minimum absolute atomic E-state index is 0.0470. The highest BCUT2D eigenvalue weighted by Crippen LogP contribution is 2.30. The number of piperidine rings is 1. The Bertz CT molecular complexity index is 496. The van der Waals surface area contributed by atoms with E-state index < -0.39 is 11.7 Å². The van der Waals surface area contributed by atoms with E-state index in [1.54, 1.807) is 4.90 Å². The maximum atomic E-state index is 12.7. The van der Waals surface area contributed by atoms with Gasteiger partial charge in [-0.3, -0.25) is 4.79 Å². The number of hydrogen-bond donors (Lipinski definition) is 1. The Kier molecular flexibility index (Phi) is 4.88. The average molecular weight is 300 g/mol. The molecule has 6 heteroatoms. The second kappa shape index (κ2) is 6.47. The Balaban J connectivity index is 2.21. The summed E-state index contributed by atoms with van der Waals surface area (Å²) < 4.78 is 38.2. The van der Waals surface area contributed by atoms with Crippen LogP contribution in [-0.2, 0) is 6.18 Å². The van der Waals surface area contributed by atoms with Crippen LogP contribution in [0.5, 0.6) is 0 Å². The lowest BCUT2D eigenvalue weighted by atomic mass is 10.0. The van der Waals surface area contributed by atoms with Gasteiger partial charge in [0, 0.05) is 24.7 Å². The average Bonchev–Trinajstić information content (AvgIpc) is 2.48. The number of hydrogen-bond acceptors (Lipinski definition) is 2. The minimum Gasteiger partial charge on any atom is -0.335 e. The summed E-state index contributed by atoms with van der Waals surface area (Å²) in [7, 11) is 0. The van der Waals surface area contributed by atoms with Gasteiger partial charge in [0.05, 0.1) is 5.56 Å². The maximum Gasteiger partial charge on any atom is 0.416 e. The van der Waals surface area contributed by atoms with Crippen LogP contribution in [0.25, 0.3) is 0 Å². The highest BCUT2D eigenvalue weighted by molar-refractivity contribution is 5.94. The summed E-state index contributed by atoms with van der Waals surface area (Å²) in [4.78, 5) is 14.1. The van der Waals surface area contributed by atoms with Crippen molar-refractivity contribution in [2.45, 2.75) is 32.0 Å². The SMILES string of the molecule is CCN(C(=O)c1cccc(C(F)(F)F)c1)C1CCCNC1. The molecule has 1 aliphatic rings. The van der Waals surface area contributed by atoms with E-state index in [4.69, 9.17) is 0 Å². The molecule has 1 unspecified atom stereocenters. The molecule has 116 valence electrons. The highest BCUT2D eigenvalue weighted by Gasteiger charge is 2.32. The standard InChI is InChI=1S/C15H19F3N2O/c1-2-20(13-7-4-8-19-10-13)14(21)11-5-3-6-12(9-11)15(16,17)18/h3,5-6,9,13,19H,2,4,7-8,10H2,1H3. The van der Waals surface area contributed by atoms with Crippen molar-refractivity contribution >= 4 is 5.91 Å². The largest absolute Gasteiger partial charge is 0.416 e. The Morgan fingerprint density at radius 2 is 2.19 bits per heavy atom. The van der Waals surface area contributed by atoms with Crippen molar-refractivity contribution < 1.29 is 18.0 Å². The van der Waals surface area contributed by atoms with E-state index in [1.807, 2.05) is 6.92 Å². The molecule has 1 aliphatic heterocycles. The molecule has 1 heterocycles. The zero-order valence-electron chi connectivity index (χ0n) is 11.9. The van der Waals surface area contributed by atoms with E-state index in [-0.39, 0.29) is 17.5 Å². The minimum atomic E-state index is -4.43. The van der Waals surface area contributed by atoms with E-state index in [2.05, 4.69) is 5.32 Å². The Morgan fingerprint density at radius 1 is 1.43 bits per heavy atom. The summed E-state index contributed by atoms with van der Waals surface area (Å²) >= 11 is 0. The third-order valence-corrected chi connectivity index (χ3v) is 3.75. The molecule has 1 fully saturated rings. The van der Waals surface area contributed by atoms with Crippen LogP contribution in [0.3, 0.4) is 0 Å². The molecule has 1 aromatic carbocycles. The monoisotopic (exact) mass is 300 g/mol. The highest BCUT2D eigenvalue weighted by atomic mass is 19.4. The first-order valence-electron chi connectivity index (χ1n) is 7.12. The molecular weight excluding hydrogens is 281 g/mol. The first-order valence-corrected chi connectivity index (χ1v) is 7.12. The van der Waals surface area contributed by atoms with Crippen molar-refractivity contribution in [3.05, 3.63) is 35.4 Å². The molecule has 1 aromatic rings. The summed E-state index contributed by atoms with van der Waals surface area (Å²) in [5, 5.41) is 3.22. The second-order valence-corrected chi connectivity index (χ2v) is 5.17. The summed E-state index contributed by atoms with van der Waals surface area (Å²) in [6, 6.07) is 4.68. The number of benzene rings is 1. The van der Waals surface area contributed by atoms with Crippen molar-refractivity contribution in [3.8, 4) is 0 Å². The van der Waals surface area contributed by atoms with Gasteiger partial charge in [0.2, 0.25) is 0 Å². The van der Waals surface area contributed by atoms with Gasteiger partial charge >= 0.3 is 6.18 Å². The molecule has 1 atom stereocenters. The Morgan fingerprint density at radius 3 is 2.76 bits per heavy atom. The topological polar surface area (TPSA) is 32.3 Å². The fourth-order valence-electron chi connectivity index (χ4n) is 2.66. The summed E-state index contributed by atoms with van der Waals surface area (Å²) in [6.07, 6.45) is -2.58. The number of rotatable bonds is 3. The molecule has 0 aromatic heterocycles. The number of carbonyl (C=O) groups excluding carboxylic acids is 1. The van der Waals surface area contributed by atoms with Gasteiger partial charge in [-0.25, -0.2) is 0 Å². The van der Waals surface area contributed by atoms with E-state index in [9.17, 15) is 18.0 Å². The molecule has 0 bridgehead atoms. The first kappa shape index (κ1) is 15.8. The number of nitrogens with one attached hydrogen (secondary N) is 1. The third-order valence-electron chi connectivity index (χ3n) is 3.75. The fourth-order valence-corrected chi connectivity index (χ4v) is 2.66. The molecule has 0 spiro atoms. The summed E-state index contributed by atoms with van der Waals surface area (Å²) in [5.74, 6) is -0.336. The lowest BCUT2D eigenvalue weighted by Gasteiger charge is -2.34. The summed E-state index contributed by atoms with van der Waals surface area (Å²) in [6.45, 7) is 3.95. The number of amides is 1. The van der Waals surface area contributed by atoms with Gasteiger partial charge in [0.25, 0.3) is 5.91 Å². The van der Waals surface area contributed by atoms with E-state index >= 15 is 0 Å². The number of likely N-dealkylation sites (N-methyl/N-ethyl adjacent to an activating group) is 1. The van der Waals surface area contributed by atoms with E-state index in [0.29, 0.717) is 13.1 Å². The van der Waals surface area contributed by atoms with Crippen molar-refractivity contribution in [1.29, 1.82) is 0 Å². The van der Waals surface area contributed by atoms with Crippen LogP contribution in [0.2, 0.25) is 0 Å².